The molecular weight excluding hydrogens is 352 g/mol. The maximum absolute atomic E-state index is 12.7. The number of benzene rings is 2. The van der Waals surface area contributed by atoms with E-state index >= 15 is 0 Å². The lowest BCUT2D eigenvalue weighted by atomic mass is 10.2. The Bertz CT molecular complexity index is 1110. The van der Waals surface area contributed by atoms with Gasteiger partial charge in [0.15, 0.2) is 22.2 Å². The van der Waals surface area contributed by atoms with E-state index < -0.39 is 0 Å². The minimum atomic E-state index is -0.305. The summed E-state index contributed by atoms with van der Waals surface area (Å²) >= 11 is 1.26. The van der Waals surface area contributed by atoms with Crippen LogP contribution in [-0.2, 0) is 6.61 Å². The Kier molecular flexibility index (Phi) is 4.32. The summed E-state index contributed by atoms with van der Waals surface area (Å²) in [4.78, 5) is 13.1. The Hall–Kier alpha value is -3.26. The highest BCUT2D eigenvalue weighted by Crippen LogP contribution is 2.27. The Balaban J connectivity index is 1.64. The van der Waals surface area contributed by atoms with Crippen molar-refractivity contribution in [1.82, 2.24) is 19.8 Å². The van der Waals surface area contributed by atoms with E-state index in [2.05, 4.69) is 15.3 Å². The maximum atomic E-state index is 12.7. The number of methoxy groups -OCH3 is 1. The van der Waals surface area contributed by atoms with Crippen LogP contribution in [0.3, 0.4) is 0 Å². The summed E-state index contributed by atoms with van der Waals surface area (Å²) in [5.41, 5.74) is 0.672. The molecule has 0 spiro atoms. The monoisotopic (exact) mass is 366 g/mol. The van der Waals surface area contributed by atoms with E-state index in [0.29, 0.717) is 27.0 Å². The van der Waals surface area contributed by atoms with Crippen molar-refractivity contribution in [2.45, 2.75) is 6.61 Å². The molecule has 0 amide bonds. The van der Waals surface area contributed by atoms with Crippen molar-refractivity contribution in [1.29, 1.82) is 0 Å². The predicted octanol–water partition coefficient (Wildman–Crippen LogP) is 2.80. The molecule has 130 valence electrons. The number of nitrogens with zero attached hydrogens (tertiary/aromatic N) is 4. The average molecular weight is 366 g/mol. The third-order valence-corrected chi connectivity index (χ3v) is 4.57. The van der Waals surface area contributed by atoms with Crippen LogP contribution in [0.2, 0.25) is 0 Å². The van der Waals surface area contributed by atoms with Crippen LogP contribution in [0.5, 0.6) is 11.5 Å². The molecule has 8 heteroatoms. The zero-order chi connectivity index (χ0) is 17.9. The molecule has 0 aliphatic rings. The van der Waals surface area contributed by atoms with Gasteiger partial charge in [-0.15, -0.1) is 10.2 Å². The van der Waals surface area contributed by atoms with Crippen LogP contribution in [0.4, 0.5) is 0 Å². The first-order chi connectivity index (χ1) is 12.8. The topological polar surface area (TPSA) is 78.6 Å². The van der Waals surface area contributed by atoms with Crippen molar-refractivity contribution in [2.75, 3.05) is 7.11 Å². The van der Waals surface area contributed by atoms with E-state index in [0.717, 1.165) is 0 Å². The standard InChI is InChI=1S/C18H14N4O3S/c1-24-13-9-5-6-10-14(13)25-11-15-21-22-17(23)16(19-20-18(22)26-15)12-7-3-2-4-8-12/h2-10H,11H2,1H3. The molecule has 0 saturated carbocycles. The Morgan fingerprint density at radius 2 is 1.73 bits per heavy atom. The van der Waals surface area contributed by atoms with Crippen LogP contribution in [-0.4, -0.2) is 26.9 Å². The number of rotatable bonds is 5. The van der Waals surface area contributed by atoms with E-state index in [1.807, 2.05) is 54.6 Å². The molecule has 0 N–H and O–H groups in total. The predicted molar refractivity (Wildman–Crippen MR) is 97.7 cm³/mol. The summed E-state index contributed by atoms with van der Waals surface area (Å²) in [6, 6.07) is 16.6. The molecule has 0 saturated heterocycles. The zero-order valence-electron chi connectivity index (χ0n) is 13.8. The van der Waals surface area contributed by atoms with Gasteiger partial charge in [-0.25, -0.2) is 0 Å². The van der Waals surface area contributed by atoms with Crippen LogP contribution in [0.25, 0.3) is 16.2 Å². The maximum Gasteiger partial charge on any atom is 0.302 e. The number of hydrogen-bond acceptors (Lipinski definition) is 7. The van der Waals surface area contributed by atoms with Gasteiger partial charge < -0.3 is 9.47 Å². The average Bonchev–Trinajstić information content (AvgIpc) is 3.12. The van der Waals surface area contributed by atoms with Gasteiger partial charge in [0.05, 0.1) is 7.11 Å². The molecule has 0 bridgehead atoms. The Morgan fingerprint density at radius 3 is 2.50 bits per heavy atom. The van der Waals surface area contributed by atoms with E-state index in [9.17, 15) is 4.79 Å². The SMILES string of the molecule is COc1ccccc1OCc1nn2c(=O)c(-c3ccccc3)nnc2s1. The van der Waals surface area contributed by atoms with Crippen molar-refractivity contribution in [3.05, 3.63) is 70.0 Å². The van der Waals surface area contributed by atoms with Gasteiger partial charge in [0.2, 0.25) is 4.96 Å². The highest BCUT2D eigenvalue weighted by molar-refractivity contribution is 7.16. The third-order valence-electron chi connectivity index (χ3n) is 3.70. The quantitative estimate of drug-likeness (QED) is 0.540. The van der Waals surface area contributed by atoms with Crippen LogP contribution < -0.4 is 15.0 Å². The lowest BCUT2D eigenvalue weighted by Crippen LogP contribution is -2.19. The fourth-order valence-electron chi connectivity index (χ4n) is 2.47. The van der Waals surface area contributed by atoms with E-state index in [4.69, 9.17) is 9.47 Å². The summed E-state index contributed by atoms with van der Waals surface area (Å²) in [6.07, 6.45) is 0. The van der Waals surface area contributed by atoms with Gasteiger partial charge in [0.1, 0.15) is 6.61 Å². The summed E-state index contributed by atoms with van der Waals surface area (Å²) in [5.74, 6) is 1.24. The summed E-state index contributed by atoms with van der Waals surface area (Å²) in [6.45, 7) is 0.203. The van der Waals surface area contributed by atoms with Crippen molar-refractivity contribution in [2.24, 2.45) is 0 Å². The molecule has 0 unspecified atom stereocenters. The molecule has 2 aromatic carbocycles. The number of fused-ring (bicyclic) bond motifs is 1. The molecule has 0 aliphatic heterocycles. The van der Waals surface area contributed by atoms with Crippen molar-refractivity contribution < 1.29 is 9.47 Å². The van der Waals surface area contributed by atoms with Gasteiger partial charge in [0.25, 0.3) is 0 Å². The Labute approximate surface area is 152 Å². The van der Waals surface area contributed by atoms with Crippen molar-refractivity contribution in [3.63, 3.8) is 0 Å². The lowest BCUT2D eigenvalue weighted by molar-refractivity contribution is 0.283. The molecule has 0 aliphatic carbocycles. The number of hydrogen-bond donors (Lipinski definition) is 0. The van der Waals surface area contributed by atoms with Crippen LogP contribution in [0.15, 0.2) is 59.4 Å². The van der Waals surface area contributed by atoms with Crippen molar-refractivity contribution >= 4 is 16.3 Å². The summed E-state index contributed by atoms with van der Waals surface area (Å²) in [5, 5.41) is 13.1. The van der Waals surface area contributed by atoms with E-state index in [1.54, 1.807) is 7.11 Å². The molecule has 0 radical (unpaired) electrons. The van der Waals surface area contributed by atoms with Gasteiger partial charge >= 0.3 is 5.56 Å². The molecular formula is C18H14N4O3S. The van der Waals surface area contributed by atoms with Crippen LogP contribution in [0, 0.1) is 0 Å². The first-order valence-corrected chi connectivity index (χ1v) is 8.64. The summed E-state index contributed by atoms with van der Waals surface area (Å²) in [7, 11) is 1.58. The minimum Gasteiger partial charge on any atom is -0.493 e. The zero-order valence-corrected chi connectivity index (χ0v) is 14.6. The number of ether oxygens (including phenoxy) is 2. The number of aromatic nitrogens is 4. The van der Waals surface area contributed by atoms with E-state index in [1.165, 1.54) is 15.9 Å². The fourth-order valence-corrected chi connectivity index (χ4v) is 3.21. The highest BCUT2D eigenvalue weighted by atomic mass is 32.1. The largest absolute Gasteiger partial charge is 0.493 e. The van der Waals surface area contributed by atoms with Gasteiger partial charge in [-0.2, -0.15) is 9.61 Å². The van der Waals surface area contributed by atoms with Crippen LogP contribution in [0.1, 0.15) is 5.01 Å². The Morgan fingerprint density at radius 1 is 1.00 bits per heavy atom. The fraction of sp³-hybridized carbons (Fsp3) is 0.111. The smallest absolute Gasteiger partial charge is 0.302 e. The molecule has 0 fully saturated rings. The van der Waals surface area contributed by atoms with Gasteiger partial charge in [-0.05, 0) is 12.1 Å². The lowest BCUT2D eigenvalue weighted by Gasteiger charge is -2.08. The first-order valence-electron chi connectivity index (χ1n) is 7.83. The van der Waals surface area contributed by atoms with Crippen LogP contribution >= 0.6 is 11.3 Å². The number of para-hydroxylation sites is 2. The van der Waals surface area contributed by atoms with Crippen molar-refractivity contribution in [3.8, 4) is 22.8 Å². The highest BCUT2D eigenvalue weighted by Gasteiger charge is 2.14. The second kappa shape index (κ2) is 6.93. The molecule has 2 aromatic heterocycles. The first kappa shape index (κ1) is 16.2. The minimum absolute atomic E-state index is 0.203. The van der Waals surface area contributed by atoms with Gasteiger partial charge in [0, 0.05) is 5.56 Å². The van der Waals surface area contributed by atoms with E-state index in [-0.39, 0.29) is 17.9 Å². The normalized spacial score (nSPS) is 10.8. The molecule has 26 heavy (non-hydrogen) atoms. The molecule has 4 aromatic rings. The molecule has 0 atom stereocenters. The second-order valence-electron chi connectivity index (χ2n) is 5.35. The van der Waals surface area contributed by atoms with Gasteiger partial charge in [-0.3, -0.25) is 4.79 Å². The summed E-state index contributed by atoms with van der Waals surface area (Å²) < 4.78 is 12.3. The third kappa shape index (κ3) is 3.02. The molecule has 7 nitrogen and oxygen atoms in total. The molecule has 4 rings (SSSR count). The second-order valence-corrected chi connectivity index (χ2v) is 6.39. The van der Waals surface area contributed by atoms with Gasteiger partial charge in [-0.1, -0.05) is 53.8 Å². The molecule has 2 heterocycles.